The molecule has 1 N–H and O–H groups in total. The van der Waals surface area contributed by atoms with Crippen LogP contribution in [0.15, 0.2) is 24.3 Å². The number of hydrogen-bond acceptors (Lipinski definition) is 6. The predicted octanol–water partition coefficient (Wildman–Crippen LogP) is 2.62. The summed E-state index contributed by atoms with van der Waals surface area (Å²) in [5.41, 5.74) is 4.82. The van der Waals surface area contributed by atoms with E-state index in [1.54, 1.807) is 14.2 Å². The van der Waals surface area contributed by atoms with Crippen molar-refractivity contribution in [3.8, 4) is 23.0 Å². The first-order valence-corrected chi connectivity index (χ1v) is 9.25. The fourth-order valence-corrected chi connectivity index (χ4v) is 4.75. The van der Waals surface area contributed by atoms with Gasteiger partial charge < -0.3 is 24.1 Å². The maximum atomic E-state index is 10.3. The third-order valence-corrected chi connectivity index (χ3v) is 6.01. The summed E-state index contributed by atoms with van der Waals surface area (Å²) in [5.74, 6) is 3.01. The van der Waals surface area contributed by atoms with Gasteiger partial charge in [0.25, 0.3) is 0 Å². The number of fused-ring (bicyclic) bond motifs is 5. The second-order valence-electron chi connectivity index (χ2n) is 7.26. The van der Waals surface area contributed by atoms with Gasteiger partial charge in [0.05, 0.1) is 20.8 Å². The van der Waals surface area contributed by atoms with Crippen molar-refractivity contribution < 1.29 is 24.1 Å². The predicted molar refractivity (Wildman–Crippen MR) is 98.8 cm³/mol. The van der Waals surface area contributed by atoms with Gasteiger partial charge in [-0.2, -0.15) is 0 Å². The molecule has 0 aliphatic carbocycles. The molecule has 6 heteroatoms. The Morgan fingerprint density at radius 1 is 1.00 bits per heavy atom. The summed E-state index contributed by atoms with van der Waals surface area (Å²) in [7, 11) is 3.29. The van der Waals surface area contributed by atoms with Gasteiger partial charge >= 0.3 is 0 Å². The van der Waals surface area contributed by atoms with Gasteiger partial charge in [-0.1, -0.05) is 0 Å². The lowest BCUT2D eigenvalue weighted by Gasteiger charge is -2.45. The van der Waals surface area contributed by atoms with Crippen LogP contribution in [0.1, 0.15) is 34.2 Å². The Balaban J connectivity index is 1.63. The molecule has 0 radical (unpaired) electrons. The Labute approximate surface area is 158 Å². The molecule has 0 saturated carbocycles. The quantitative estimate of drug-likeness (QED) is 0.898. The van der Waals surface area contributed by atoms with Gasteiger partial charge in [-0.15, -0.1) is 0 Å². The number of methoxy groups -OCH3 is 2. The first-order valence-electron chi connectivity index (χ1n) is 9.25. The molecule has 2 atom stereocenters. The second-order valence-corrected chi connectivity index (χ2v) is 7.26. The summed E-state index contributed by atoms with van der Waals surface area (Å²) in [6.45, 7) is 2.11. The molecule has 0 aromatic heterocycles. The van der Waals surface area contributed by atoms with Gasteiger partial charge in [0.15, 0.2) is 23.0 Å². The zero-order valence-electron chi connectivity index (χ0n) is 15.5. The van der Waals surface area contributed by atoms with Crippen LogP contribution in [0, 0.1) is 0 Å². The molecule has 0 bridgehead atoms. The second kappa shape index (κ2) is 6.32. The van der Waals surface area contributed by atoms with Crippen LogP contribution in [0.25, 0.3) is 0 Å². The molecule has 142 valence electrons. The first-order chi connectivity index (χ1) is 13.2. The molecule has 0 fully saturated rings. The van der Waals surface area contributed by atoms with Crippen LogP contribution in [0.3, 0.4) is 0 Å². The van der Waals surface area contributed by atoms with E-state index in [0.717, 1.165) is 42.3 Å². The Bertz CT molecular complexity index is 897. The van der Waals surface area contributed by atoms with E-state index in [9.17, 15) is 5.11 Å². The van der Waals surface area contributed by atoms with E-state index < -0.39 is 0 Å². The van der Waals surface area contributed by atoms with Crippen molar-refractivity contribution in [1.29, 1.82) is 0 Å². The average molecular weight is 369 g/mol. The van der Waals surface area contributed by atoms with Gasteiger partial charge in [-0.3, -0.25) is 4.90 Å². The van der Waals surface area contributed by atoms with E-state index in [1.165, 1.54) is 16.7 Å². The highest BCUT2D eigenvalue weighted by Crippen LogP contribution is 2.50. The van der Waals surface area contributed by atoms with Crippen molar-refractivity contribution in [2.24, 2.45) is 0 Å². The molecule has 6 nitrogen and oxygen atoms in total. The lowest BCUT2D eigenvalue weighted by Crippen LogP contribution is -2.42. The number of aliphatic hydroxyl groups is 1. The van der Waals surface area contributed by atoms with E-state index in [0.29, 0.717) is 5.75 Å². The Kier molecular flexibility index (Phi) is 3.91. The number of benzene rings is 2. The molecule has 0 spiro atoms. The third-order valence-electron chi connectivity index (χ3n) is 6.01. The minimum Gasteiger partial charge on any atom is -0.493 e. The highest BCUT2D eigenvalue weighted by atomic mass is 16.7. The van der Waals surface area contributed by atoms with Gasteiger partial charge in [0.2, 0.25) is 6.79 Å². The molecule has 3 heterocycles. The van der Waals surface area contributed by atoms with Crippen LogP contribution in [-0.4, -0.2) is 44.2 Å². The van der Waals surface area contributed by atoms with Crippen LogP contribution in [0.4, 0.5) is 0 Å². The van der Waals surface area contributed by atoms with E-state index in [2.05, 4.69) is 17.0 Å². The minimum atomic E-state index is -0.0343. The van der Waals surface area contributed by atoms with Crippen molar-refractivity contribution >= 4 is 0 Å². The van der Waals surface area contributed by atoms with Gasteiger partial charge in [-0.25, -0.2) is 0 Å². The van der Waals surface area contributed by atoms with Crippen LogP contribution >= 0.6 is 0 Å². The number of rotatable bonds is 3. The molecule has 3 aliphatic rings. The van der Waals surface area contributed by atoms with E-state index in [1.807, 2.05) is 12.1 Å². The number of hydrogen-bond donors (Lipinski definition) is 1. The topological polar surface area (TPSA) is 60.4 Å². The molecular weight excluding hydrogens is 346 g/mol. The fourth-order valence-electron chi connectivity index (χ4n) is 4.75. The molecule has 3 aliphatic heterocycles. The van der Waals surface area contributed by atoms with Gasteiger partial charge in [0.1, 0.15) is 0 Å². The minimum absolute atomic E-state index is 0.0343. The zero-order chi connectivity index (χ0) is 18.5. The number of nitrogens with zero attached hydrogens (tertiary/aromatic N) is 1. The lowest BCUT2D eigenvalue weighted by atomic mass is 9.76. The summed E-state index contributed by atoms with van der Waals surface area (Å²) in [4.78, 5) is 2.44. The number of ether oxygens (including phenoxy) is 4. The Morgan fingerprint density at radius 2 is 1.74 bits per heavy atom. The maximum Gasteiger partial charge on any atom is 0.231 e. The van der Waals surface area contributed by atoms with Crippen LogP contribution in [0.5, 0.6) is 23.0 Å². The van der Waals surface area contributed by atoms with Crippen molar-refractivity contribution in [2.45, 2.75) is 24.9 Å². The Hall–Kier alpha value is -2.44. The van der Waals surface area contributed by atoms with Gasteiger partial charge in [-0.05, 0) is 52.9 Å². The fraction of sp³-hybridized carbons (Fsp3) is 0.429. The smallest absolute Gasteiger partial charge is 0.231 e. The molecule has 5 rings (SSSR count). The SMILES string of the molecule is COc1cc2c(cc1OC)[C@H](CO)[C@@H]1c3cc4c(cc3CCN1C2)OCO4. The van der Waals surface area contributed by atoms with E-state index in [4.69, 9.17) is 18.9 Å². The monoisotopic (exact) mass is 369 g/mol. The van der Waals surface area contributed by atoms with Crippen molar-refractivity contribution in [2.75, 3.05) is 34.2 Å². The molecular formula is C21H23NO5. The normalized spacial score (nSPS) is 22.6. The molecule has 0 saturated heterocycles. The van der Waals surface area contributed by atoms with Crippen molar-refractivity contribution in [3.63, 3.8) is 0 Å². The van der Waals surface area contributed by atoms with Gasteiger partial charge in [0, 0.05) is 25.0 Å². The standard InChI is InChI=1S/C21H23NO5/c1-24-17-6-13-9-22-4-3-12-5-19-20(27-11-26-19)8-15(12)21(22)16(10-23)14(13)7-18(17)25-2/h5-8,16,21,23H,3-4,9-11H2,1-2H3/t16-,21-/m0/s1. The summed E-state index contributed by atoms with van der Waals surface area (Å²) < 4.78 is 22.1. The van der Waals surface area contributed by atoms with Crippen LogP contribution < -0.4 is 18.9 Å². The highest BCUT2D eigenvalue weighted by molar-refractivity contribution is 5.54. The molecule has 0 amide bonds. The number of aliphatic hydroxyl groups excluding tert-OH is 1. The third kappa shape index (κ3) is 2.47. The zero-order valence-corrected chi connectivity index (χ0v) is 15.5. The Morgan fingerprint density at radius 3 is 2.48 bits per heavy atom. The molecule has 0 unspecified atom stereocenters. The molecule has 27 heavy (non-hydrogen) atoms. The summed E-state index contributed by atoms with van der Waals surface area (Å²) in [6.07, 6.45) is 0.962. The van der Waals surface area contributed by atoms with Crippen molar-refractivity contribution in [1.82, 2.24) is 4.90 Å². The molecule has 2 aromatic carbocycles. The molecule has 2 aromatic rings. The highest BCUT2D eigenvalue weighted by Gasteiger charge is 2.40. The lowest BCUT2D eigenvalue weighted by molar-refractivity contribution is 0.101. The maximum absolute atomic E-state index is 10.3. The van der Waals surface area contributed by atoms with E-state index in [-0.39, 0.29) is 25.4 Å². The van der Waals surface area contributed by atoms with Crippen LogP contribution in [-0.2, 0) is 13.0 Å². The first kappa shape index (κ1) is 16.7. The summed E-state index contributed by atoms with van der Waals surface area (Å²) in [6, 6.07) is 8.38. The van der Waals surface area contributed by atoms with Crippen LogP contribution in [0.2, 0.25) is 0 Å². The summed E-state index contributed by atoms with van der Waals surface area (Å²) in [5, 5.41) is 10.3. The summed E-state index contributed by atoms with van der Waals surface area (Å²) >= 11 is 0. The average Bonchev–Trinajstić information content (AvgIpc) is 3.16. The van der Waals surface area contributed by atoms with Crippen molar-refractivity contribution in [3.05, 3.63) is 46.5 Å². The van der Waals surface area contributed by atoms with E-state index >= 15 is 0 Å². The largest absolute Gasteiger partial charge is 0.493 e.